The van der Waals surface area contributed by atoms with Crippen molar-refractivity contribution in [2.45, 2.75) is 48.5 Å². The molecule has 2 aromatic heterocycles. The van der Waals surface area contributed by atoms with Gasteiger partial charge in [0.25, 0.3) is 0 Å². The molecular weight excluding hydrogens is 238 g/mol. The quantitative estimate of drug-likeness (QED) is 0.704. The van der Waals surface area contributed by atoms with Gasteiger partial charge in [-0.1, -0.05) is 0 Å². The molecule has 0 saturated carbocycles. The highest BCUT2D eigenvalue weighted by Crippen LogP contribution is 2.37. The highest BCUT2D eigenvalue weighted by atomic mass is 32.1. The number of pyridine rings is 1. The highest BCUT2D eigenvalue weighted by Gasteiger charge is 2.16. The van der Waals surface area contributed by atoms with E-state index in [1.165, 1.54) is 43.3 Å². The summed E-state index contributed by atoms with van der Waals surface area (Å²) in [7, 11) is 0. The van der Waals surface area contributed by atoms with Gasteiger partial charge in [0.15, 0.2) is 0 Å². The van der Waals surface area contributed by atoms with E-state index in [4.69, 9.17) is 4.98 Å². The number of hydrogen-bond acceptors (Lipinski definition) is 2. The average molecular weight is 259 g/mol. The summed E-state index contributed by atoms with van der Waals surface area (Å²) in [4.78, 5) is 7.57. The van der Waals surface area contributed by atoms with Crippen molar-refractivity contribution in [2.75, 3.05) is 0 Å². The normalized spacial score (nSPS) is 11.1. The molecule has 0 amide bonds. The maximum absolute atomic E-state index is 4.83. The SMILES string of the molecule is Cc1nc(-c2sc(C)c(C)c2C)c(C)c(C)c1C. The second kappa shape index (κ2) is 4.51. The summed E-state index contributed by atoms with van der Waals surface area (Å²) in [5, 5.41) is 0. The lowest BCUT2D eigenvalue weighted by Gasteiger charge is -2.13. The van der Waals surface area contributed by atoms with Crippen molar-refractivity contribution in [3.05, 3.63) is 38.4 Å². The van der Waals surface area contributed by atoms with Gasteiger partial charge in [0.1, 0.15) is 0 Å². The van der Waals surface area contributed by atoms with Crippen LogP contribution >= 0.6 is 11.3 Å². The molecule has 0 N–H and O–H groups in total. The van der Waals surface area contributed by atoms with Crippen molar-refractivity contribution in [3.63, 3.8) is 0 Å². The fourth-order valence-corrected chi connectivity index (χ4v) is 3.47. The number of aromatic nitrogens is 1. The Morgan fingerprint density at radius 3 is 1.78 bits per heavy atom. The molecule has 0 radical (unpaired) electrons. The number of thiophene rings is 1. The van der Waals surface area contributed by atoms with Gasteiger partial charge in [-0.3, -0.25) is 4.98 Å². The van der Waals surface area contributed by atoms with Gasteiger partial charge in [-0.25, -0.2) is 0 Å². The van der Waals surface area contributed by atoms with Gasteiger partial charge in [-0.2, -0.15) is 0 Å². The first-order valence-corrected chi connectivity index (χ1v) is 7.17. The molecule has 0 bridgehead atoms. The lowest BCUT2D eigenvalue weighted by molar-refractivity contribution is 1.10. The fourth-order valence-electron chi connectivity index (χ4n) is 2.25. The summed E-state index contributed by atoms with van der Waals surface area (Å²) in [5.74, 6) is 0. The minimum Gasteiger partial charge on any atom is -0.252 e. The summed E-state index contributed by atoms with van der Waals surface area (Å²) in [6.07, 6.45) is 0. The smallest absolute Gasteiger partial charge is 0.0839 e. The number of nitrogens with zero attached hydrogens (tertiary/aromatic N) is 1. The second-order valence-corrected chi connectivity index (χ2v) is 6.38. The van der Waals surface area contributed by atoms with E-state index in [-0.39, 0.29) is 0 Å². The zero-order valence-electron chi connectivity index (χ0n) is 12.4. The summed E-state index contributed by atoms with van der Waals surface area (Å²) < 4.78 is 0. The maximum atomic E-state index is 4.83. The van der Waals surface area contributed by atoms with Crippen LogP contribution in [0.25, 0.3) is 10.6 Å². The van der Waals surface area contributed by atoms with Crippen LogP contribution in [0.5, 0.6) is 0 Å². The molecule has 0 saturated heterocycles. The molecule has 0 spiro atoms. The summed E-state index contributed by atoms with van der Waals surface area (Å²) in [6.45, 7) is 15.3. The molecule has 1 nitrogen and oxygen atoms in total. The first-order valence-electron chi connectivity index (χ1n) is 6.36. The van der Waals surface area contributed by atoms with Crippen LogP contribution in [-0.2, 0) is 0 Å². The predicted molar refractivity (Wildman–Crippen MR) is 80.7 cm³/mol. The maximum Gasteiger partial charge on any atom is 0.0839 e. The Kier molecular flexibility index (Phi) is 3.33. The molecule has 2 aromatic rings. The van der Waals surface area contributed by atoms with Gasteiger partial charge in [-0.15, -0.1) is 11.3 Å². The number of aryl methyl sites for hydroxylation is 2. The lowest BCUT2D eigenvalue weighted by Crippen LogP contribution is -1.99. The third-order valence-electron chi connectivity index (χ3n) is 4.20. The minimum atomic E-state index is 1.15. The minimum absolute atomic E-state index is 1.15. The van der Waals surface area contributed by atoms with Gasteiger partial charge in [0.05, 0.1) is 10.6 Å². The standard InChI is InChI=1S/C16H21NS/c1-8-9(2)13(6)17-15(11(8)4)16-12(5)10(3)14(7)18-16/h1-7H3. The van der Waals surface area contributed by atoms with Crippen LogP contribution in [0.3, 0.4) is 0 Å². The van der Waals surface area contributed by atoms with Crippen LogP contribution < -0.4 is 0 Å². The van der Waals surface area contributed by atoms with E-state index in [0.29, 0.717) is 0 Å². The van der Waals surface area contributed by atoms with Crippen molar-refractivity contribution in [1.29, 1.82) is 0 Å². The molecule has 0 aliphatic carbocycles. The lowest BCUT2D eigenvalue weighted by atomic mass is 9.99. The molecule has 0 aliphatic rings. The van der Waals surface area contributed by atoms with Crippen LogP contribution in [0.15, 0.2) is 0 Å². The van der Waals surface area contributed by atoms with E-state index < -0.39 is 0 Å². The average Bonchev–Trinajstić information content (AvgIpc) is 2.59. The van der Waals surface area contributed by atoms with E-state index in [2.05, 4.69) is 48.5 Å². The van der Waals surface area contributed by atoms with Gasteiger partial charge < -0.3 is 0 Å². The van der Waals surface area contributed by atoms with Gasteiger partial charge in [0.2, 0.25) is 0 Å². The number of hydrogen-bond donors (Lipinski definition) is 0. The molecule has 0 aliphatic heterocycles. The van der Waals surface area contributed by atoms with E-state index in [1.54, 1.807) is 0 Å². The monoisotopic (exact) mass is 259 g/mol. The molecule has 0 atom stereocenters. The molecule has 96 valence electrons. The van der Waals surface area contributed by atoms with Crippen molar-refractivity contribution in [2.24, 2.45) is 0 Å². The number of rotatable bonds is 1. The Morgan fingerprint density at radius 2 is 1.28 bits per heavy atom. The fraction of sp³-hybridized carbons (Fsp3) is 0.438. The Balaban J connectivity index is 2.76. The zero-order valence-corrected chi connectivity index (χ0v) is 13.2. The molecule has 2 heterocycles. The molecule has 18 heavy (non-hydrogen) atoms. The van der Waals surface area contributed by atoms with Crippen molar-refractivity contribution in [3.8, 4) is 10.6 Å². The summed E-state index contributed by atoms with van der Waals surface area (Å²) >= 11 is 1.87. The van der Waals surface area contributed by atoms with E-state index in [0.717, 1.165) is 5.69 Å². The second-order valence-electron chi connectivity index (χ2n) is 5.16. The van der Waals surface area contributed by atoms with Crippen molar-refractivity contribution < 1.29 is 0 Å². The first-order chi connectivity index (χ1) is 8.34. The highest BCUT2D eigenvalue weighted by molar-refractivity contribution is 7.15. The third kappa shape index (κ3) is 1.89. The van der Waals surface area contributed by atoms with Gasteiger partial charge in [-0.05, 0) is 76.3 Å². The Morgan fingerprint density at radius 1 is 0.667 bits per heavy atom. The van der Waals surface area contributed by atoms with Gasteiger partial charge in [0, 0.05) is 10.6 Å². The van der Waals surface area contributed by atoms with Crippen LogP contribution in [0.4, 0.5) is 0 Å². The molecule has 0 unspecified atom stereocenters. The van der Waals surface area contributed by atoms with Gasteiger partial charge >= 0.3 is 0 Å². The molecule has 2 heteroatoms. The van der Waals surface area contributed by atoms with Crippen LogP contribution in [0, 0.1) is 48.5 Å². The van der Waals surface area contributed by atoms with Crippen LogP contribution in [0.2, 0.25) is 0 Å². The summed E-state index contributed by atoms with van der Waals surface area (Å²) in [6, 6.07) is 0. The van der Waals surface area contributed by atoms with E-state index in [1.807, 2.05) is 11.3 Å². The molecule has 2 rings (SSSR count). The topological polar surface area (TPSA) is 12.9 Å². The Hall–Kier alpha value is -1.15. The predicted octanol–water partition coefficient (Wildman–Crippen LogP) is 4.97. The largest absolute Gasteiger partial charge is 0.252 e. The Labute approximate surface area is 114 Å². The van der Waals surface area contributed by atoms with Crippen molar-refractivity contribution in [1.82, 2.24) is 4.98 Å². The molecule has 0 fully saturated rings. The van der Waals surface area contributed by atoms with Crippen LogP contribution in [0.1, 0.15) is 38.4 Å². The Bertz CT molecular complexity index is 621. The zero-order chi connectivity index (χ0) is 13.6. The molecular formula is C16H21NS. The first kappa shape index (κ1) is 13.3. The van der Waals surface area contributed by atoms with Crippen LogP contribution in [-0.4, -0.2) is 4.98 Å². The molecule has 0 aromatic carbocycles. The third-order valence-corrected chi connectivity index (χ3v) is 5.52. The van der Waals surface area contributed by atoms with E-state index in [9.17, 15) is 0 Å². The van der Waals surface area contributed by atoms with Crippen molar-refractivity contribution >= 4 is 11.3 Å². The van der Waals surface area contributed by atoms with E-state index >= 15 is 0 Å². The summed E-state index contributed by atoms with van der Waals surface area (Å²) in [5.41, 5.74) is 9.13.